The van der Waals surface area contributed by atoms with E-state index >= 15 is 0 Å². The molecule has 3 N–H and O–H groups in total. The van der Waals surface area contributed by atoms with Gasteiger partial charge >= 0.3 is 7.12 Å². The molecular formula is C12H11BN2O3. The van der Waals surface area contributed by atoms with E-state index in [9.17, 15) is 4.79 Å². The van der Waals surface area contributed by atoms with Crippen molar-refractivity contribution in [1.29, 1.82) is 0 Å². The zero-order valence-electron chi connectivity index (χ0n) is 9.45. The molecule has 5 nitrogen and oxygen atoms in total. The molecule has 1 aromatic carbocycles. The Morgan fingerprint density at radius 2 is 2.06 bits per heavy atom. The lowest BCUT2D eigenvalue weighted by molar-refractivity contribution is 0.102. The van der Waals surface area contributed by atoms with Crippen LogP contribution in [0.25, 0.3) is 0 Å². The third kappa shape index (κ3) is 2.94. The average molecular weight is 242 g/mol. The quantitative estimate of drug-likeness (QED) is 0.662. The van der Waals surface area contributed by atoms with Gasteiger partial charge in [0, 0.05) is 18.1 Å². The predicted molar refractivity (Wildman–Crippen MR) is 68.5 cm³/mol. The highest BCUT2D eigenvalue weighted by Gasteiger charge is 2.12. The van der Waals surface area contributed by atoms with Crippen molar-refractivity contribution in [1.82, 2.24) is 4.98 Å². The van der Waals surface area contributed by atoms with Gasteiger partial charge in [0.05, 0.1) is 5.56 Å². The Hall–Kier alpha value is -2.18. The summed E-state index contributed by atoms with van der Waals surface area (Å²) in [5, 5.41) is 20.7. The smallest absolute Gasteiger partial charge is 0.423 e. The van der Waals surface area contributed by atoms with Gasteiger partial charge in [0.1, 0.15) is 0 Å². The van der Waals surface area contributed by atoms with E-state index < -0.39 is 7.12 Å². The number of carbonyl (C=O) groups excluding carboxylic acids is 1. The summed E-state index contributed by atoms with van der Waals surface area (Å²) in [5.74, 6) is -0.298. The summed E-state index contributed by atoms with van der Waals surface area (Å²) in [6, 6.07) is 9.67. The Bertz CT molecular complexity index is 546. The zero-order valence-corrected chi connectivity index (χ0v) is 9.45. The monoisotopic (exact) mass is 242 g/mol. The van der Waals surface area contributed by atoms with Crippen LogP contribution in [0.3, 0.4) is 0 Å². The Kier molecular flexibility index (Phi) is 3.71. The molecule has 0 saturated carbocycles. The summed E-state index contributed by atoms with van der Waals surface area (Å²) in [5.41, 5.74) is 1.25. The first-order valence-corrected chi connectivity index (χ1v) is 5.34. The minimum absolute atomic E-state index is 0.298. The number of hydrogen-bond acceptors (Lipinski definition) is 4. The molecule has 0 aliphatic heterocycles. The van der Waals surface area contributed by atoms with E-state index in [0.29, 0.717) is 16.7 Å². The fourth-order valence-corrected chi connectivity index (χ4v) is 1.48. The van der Waals surface area contributed by atoms with E-state index in [2.05, 4.69) is 10.3 Å². The van der Waals surface area contributed by atoms with Gasteiger partial charge < -0.3 is 15.4 Å². The zero-order chi connectivity index (χ0) is 13.0. The standard InChI is InChI=1S/C12H11BN2O3/c16-12(9-3-2-6-14-8-9)15-11-5-1-4-10(7-11)13(17)18/h1-8,17-18H,(H,15,16). The molecule has 0 aliphatic carbocycles. The summed E-state index contributed by atoms with van der Waals surface area (Å²) >= 11 is 0. The number of pyridine rings is 1. The minimum Gasteiger partial charge on any atom is -0.423 e. The number of benzene rings is 1. The number of hydrogen-bond donors (Lipinski definition) is 3. The van der Waals surface area contributed by atoms with Crippen LogP contribution in [-0.4, -0.2) is 28.1 Å². The fraction of sp³-hybridized carbons (Fsp3) is 0. The number of amides is 1. The van der Waals surface area contributed by atoms with Crippen molar-refractivity contribution >= 4 is 24.2 Å². The van der Waals surface area contributed by atoms with Crippen molar-refractivity contribution in [3.8, 4) is 0 Å². The van der Waals surface area contributed by atoms with Crippen molar-refractivity contribution in [3.05, 3.63) is 54.4 Å². The molecule has 1 amide bonds. The topological polar surface area (TPSA) is 82.5 Å². The maximum Gasteiger partial charge on any atom is 0.488 e. The first-order valence-electron chi connectivity index (χ1n) is 5.34. The van der Waals surface area contributed by atoms with Gasteiger partial charge in [-0.05, 0) is 29.7 Å². The molecule has 90 valence electrons. The molecule has 18 heavy (non-hydrogen) atoms. The highest BCUT2D eigenvalue weighted by atomic mass is 16.4. The number of aromatic nitrogens is 1. The van der Waals surface area contributed by atoms with Gasteiger partial charge in [0.15, 0.2) is 0 Å². The van der Waals surface area contributed by atoms with E-state index in [-0.39, 0.29) is 5.91 Å². The summed E-state index contributed by atoms with van der Waals surface area (Å²) in [6.07, 6.45) is 3.04. The fourth-order valence-electron chi connectivity index (χ4n) is 1.48. The highest BCUT2D eigenvalue weighted by Crippen LogP contribution is 2.07. The number of nitrogens with one attached hydrogen (secondary N) is 1. The van der Waals surface area contributed by atoms with Crippen molar-refractivity contribution in [2.75, 3.05) is 5.32 Å². The number of nitrogens with zero attached hydrogens (tertiary/aromatic N) is 1. The van der Waals surface area contributed by atoms with Crippen LogP contribution in [0.4, 0.5) is 5.69 Å². The molecule has 0 spiro atoms. The third-order valence-electron chi connectivity index (χ3n) is 2.37. The van der Waals surface area contributed by atoms with Gasteiger partial charge in [-0.15, -0.1) is 0 Å². The van der Waals surface area contributed by atoms with Crippen LogP contribution in [0.1, 0.15) is 10.4 Å². The lowest BCUT2D eigenvalue weighted by Gasteiger charge is -2.06. The normalized spacial score (nSPS) is 9.89. The Balaban J connectivity index is 2.15. The molecule has 2 rings (SSSR count). The predicted octanol–water partition coefficient (Wildman–Crippen LogP) is 0.0137. The second kappa shape index (κ2) is 5.44. The van der Waals surface area contributed by atoms with E-state index in [4.69, 9.17) is 10.0 Å². The molecule has 1 aromatic heterocycles. The van der Waals surface area contributed by atoms with Gasteiger partial charge in [-0.25, -0.2) is 0 Å². The van der Waals surface area contributed by atoms with Crippen LogP contribution >= 0.6 is 0 Å². The first-order chi connectivity index (χ1) is 8.66. The summed E-state index contributed by atoms with van der Waals surface area (Å²) in [4.78, 5) is 15.7. The van der Waals surface area contributed by atoms with Crippen LogP contribution in [0.2, 0.25) is 0 Å². The molecular weight excluding hydrogens is 231 g/mol. The van der Waals surface area contributed by atoms with Crippen LogP contribution in [-0.2, 0) is 0 Å². The van der Waals surface area contributed by atoms with Crippen LogP contribution in [0.5, 0.6) is 0 Å². The molecule has 0 bridgehead atoms. The summed E-state index contributed by atoms with van der Waals surface area (Å²) in [7, 11) is -1.56. The maximum atomic E-state index is 11.8. The third-order valence-corrected chi connectivity index (χ3v) is 2.37. The lowest BCUT2D eigenvalue weighted by atomic mass is 9.80. The molecule has 0 unspecified atom stereocenters. The van der Waals surface area contributed by atoms with Crippen molar-refractivity contribution in [2.45, 2.75) is 0 Å². The largest absolute Gasteiger partial charge is 0.488 e. The molecule has 0 aliphatic rings. The molecule has 0 atom stereocenters. The number of rotatable bonds is 3. The minimum atomic E-state index is -1.56. The molecule has 2 aromatic rings. The van der Waals surface area contributed by atoms with E-state index in [0.717, 1.165) is 0 Å². The van der Waals surface area contributed by atoms with Gasteiger partial charge in [0.2, 0.25) is 0 Å². The summed E-state index contributed by atoms with van der Waals surface area (Å²) < 4.78 is 0. The highest BCUT2D eigenvalue weighted by molar-refractivity contribution is 6.58. The number of anilines is 1. The second-order valence-electron chi connectivity index (χ2n) is 3.69. The van der Waals surface area contributed by atoms with E-state index in [1.807, 2.05) is 0 Å². The van der Waals surface area contributed by atoms with Gasteiger partial charge in [-0.1, -0.05) is 12.1 Å². The first kappa shape index (κ1) is 12.3. The molecule has 0 saturated heterocycles. The van der Waals surface area contributed by atoms with E-state index in [1.54, 1.807) is 36.5 Å². The van der Waals surface area contributed by atoms with E-state index in [1.165, 1.54) is 12.3 Å². The van der Waals surface area contributed by atoms with Gasteiger partial charge in [-0.3, -0.25) is 9.78 Å². The van der Waals surface area contributed by atoms with Crippen LogP contribution in [0.15, 0.2) is 48.8 Å². The molecule has 6 heteroatoms. The summed E-state index contributed by atoms with van der Waals surface area (Å²) in [6.45, 7) is 0. The van der Waals surface area contributed by atoms with Gasteiger partial charge in [0.25, 0.3) is 5.91 Å². The van der Waals surface area contributed by atoms with Crippen LogP contribution in [0, 0.1) is 0 Å². The number of carbonyl (C=O) groups is 1. The van der Waals surface area contributed by atoms with Crippen molar-refractivity contribution in [2.24, 2.45) is 0 Å². The lowest BCUT2D eigenvalue weighted by Crippen LogP contribution is -2.30. The maximum absolute atomic E-state index is 11.8. The van der Waals surface area contributed by atoms with Crippen molar-refractivity contribution < 1.29 is 14.8 Å². The molecule has 1 heterocycles. The molecule has 0 radical (unpaired) electrons. The Morgan fingerprint density at radius 3 is 2.72 bits per heavy atom. The van der Waals surface area contributed by atoms with Gasteiger partial charge in [-0.2, -0.15) is 0 Å². The van der Waals surface area contributed by atoms with Crippen molar-refractivity contribution in [3.63, 3.8) is 0 Å². The second-order valence-corrected chi connectivity index (χ2v) is 3.69. The SMILES string of the molecule is O=C(Nc1cccc(B(O)O)c1)c1cccnc1. The Morgan fingerprint density at radius 1 is 1.22 bits per heavy atom. The Labute approximate surface area is 104 Å². The van der Waals surface area contributed by atoms with Crippen LogP contribution < -0.4 is 10.8 Å². The average Bonchev–Trinajstić information content (AvgIpc) is 2.40. The molecule has 0 fully saturated rings.